The summed E-state index contributed by atoms with van der Waals surface area (Å²) >= 11 is 5.74. The number of aromatic nitrogens is 1. The van der Waals surface area contributed by atoms with Gasteiger partial charge in [0.05, 0.1) is 16.1 Å². The molecule has 0 spiro atoms. The molecule has 2 nitrogen and oxygen atoms in total. The number of nitrogens with zero attached hydrogens (tertiary/aromatic N) is 1. The predicted octanol–water partition coefficient (Wildman–Crippen LogP) is 3.98. The molecule has 1 aromatic carbocycles. The molecule has 0 fully saturated rings. The van der Waals surface area contributed by atoms with Gasteiger partial charge in [0.1, 0.15) is 0 Å². The lowest BCUT2D eigenvalue weighted by Gasteiger charge is -2.13. The van der Waals surface area contributed by atoms with Crippen LogP contribution in [0.4, 0.5) is 13.2 Å². The van der Waals surface area contributed by atoms with Crippen LogP contribution in [0, 0.1) is 0 Å². The molecular weight excluding hydrogens is 279 g/mol. The Bertz CT molecular complexity index is 611. The van der Waals surface area contributed by atoms with Crippen molar-refractivity contribution in [3.8, 4) is 0 Å². The third kappa shape index (κ3) is 2.76. The largest absolute Gasteiger partial charge is 0.417 e. The molecule has 6 heteroatoms. The summed E-state index contributed by atoms with van der Waals surface area (Å²) in [6, 6.07) is 5.93. The van der Waals surface area contributed by atoms with Crippen LogP contribution in [-0.2, 0) is 6.18 Å². The van der Waals surface area contributed by atoms with Crippen molar-refractivity contribution in [1.29, 1.82) is 0 Å². The number of alkyl halides is 3. The van der Waals surface area contributed by atoms with E-state index in [-0.39, 0.29) is 10.6 Å². The zero-order valence-electron chi connectivity index (χ0n) is 9.41. The number of carbonyl (C=O) groups is 1. The van der Waals surface area contributed by atoms with E-state index in [9.17, 15) is 18.0 Å². The lowest BCUT2D eigenvalue weighted by molar-refractivity contribution is -0.137. The van der Waals surface area contributed by atoms with E-state index >= 15 is 0 Å². The Morgan fingerprint density at radius 2 is 1.74 bits per heavy atom. The van der Waals surface area contributed by atoms with E-state index in [0.29, 0.717) is 0 Å². The topological polar surface area (TPSA) is 30.0 Å². The van der Waals surface area contributed by atoms with E-state index in [1.807, 2.05) is 0 Å². The molecule has 2 rings (SSSR count). The summed E-state index contributed by atoms with van der Waals surface area (Å²) in [6.45, 7) is 0. The van der Waals surface area contributed by atoms with Gasteiger partial charge in [0.15, 0.2) is 5.78 Å². The zero-order valence-corrected chi connectivity index (χ0v) is 10.2. The van der Waals surface area contributed by atoms with Gasteiger partial charge >= 0.3 is 6.18 Å². The highest BCUT2D eigenvalue weighted by Crippen LogP contribution is 2.35. The van der Waals surface area contributed by atoms with Crippen molar-refractivity contribution >= 4 is 17.4 Å². The Hall–Kier alpha value is -1.88. The molecule has 0 N–H and O–H groups in total. The van der Waals surface area contributed by atoms with E-state index in [0.717, 1.165) is 12.1 Å². The Balaban J connectivity index is 2.60. The van der Waals surface area contributed by atoms with Crippen LogP contribution < -0.4 is 0 Å². The fourth-order valence-corrected chi connectivity index (χ4v) is 1.90. The van der Waals surface area contributed by atoms with Crippen LogP contribution in [0.15, 0.2) is 42.7 Å². The third-order valence-corrected chi connectivity index (χ3v) is 2.80. The molecule has 0 amide bonds. The minimum Gasteiger partial charge on any atom is -0.289 e. The van der Waals surface area contributed by atoms with Gasteiger partial charge in [-0.05, 0) is 24.3 Å². The Kier molecular flexibility index (Phi) is 3.57. The number of carbonyl (C=O) groups excluding carboxylic acids is 1. The molecule has 0 radical (unpaired) electrons. The van der Waals surface area contributed by atoms with Gasteiger partial charge in [-0.15, -0.1) is 0 Å². The fraction of sp³-hybridized carbons (Fsp3) is 0.0769. The number of halogens is 4. The van der Waals surface area contributed by atoms with Crippen molar-refractivity contribution in [3.05, 3.63) is 64.4 Å². The van der Waals surface area contributed by atoms with Crippen LogP contribution in [-0.4, -0.2) is 10.8 Å². The molecule has 0 aliphatic heterocycles. The molecule has 0 saturated heterocycles. The number of rotatable bonds is 2. The van der Waals surface area contributed by atoms with Gasteiger partial charge in [-0.3, -0.25) is 9.78 Å². The summed E-state index contributed by atoms with van der Waals surface area (Å²) < 4.78 is 38.6. The van der Waals surface area contributed by atoms with Crippen LogP contribution in [0.2, 0.25) is 5.02 Å². The monoisotopic (exact) mass is 285 g/mol. The van der Waals surface area contributed by atoms with E-state index in [1.165, 1.54) is 30.6 Å². The van der Waals surface area contributed by atoms with Gasteiger partial charge in [0.25, 0.3) is 0 Å². The second kappa shape index (κ2) is 5.01. The molecular formula is C13H7ClF3NO. The van der Waals surface area contributed by atoms with Gasteiger partial charge in [0.2, 0.25) is 0 Å². The van der Waals surface area contributed by atoms with Crippen LogP contribution in [0.25, 0.3) is 0 Å². The standard InChI is InChI=1S/C13H7ClF3NO/c14-10-3-1-2-9(13(15,16)17)11(10)12(19)8-4-6-18-7-5-8/h1-7H. The van der Waals surface area contributed by atoms with E-state index in [1.54, 1.807) is 0 Å². The molecule has 0 unspecified atom stereocenters. The van der Waals surface area contributed by atoms with Crippen molar-refractivity contribution in [2.24, 2.45) is 0 Å². The average molecular weight is 286 g/mol. The predicted molar refractivity (Wildman–Crippen MR) is 64.1 cm³/mol. The maximum Gasteiger partial charge on any atom is 0.417 e. The molecule has 19 heavy (non-hydrogen) atoms. The highest BCUT2D eigenvalue weighted by atomic mass is 35.5. The van der Waals surface area contributed by atoms with Crippen molar-refractivity contribution in [2.75, 3.05) is 0 Å². The zero-order chi connectivity index (χ0) is 14.0. The maximum atomic E-state index is 12.9. The first-order valence-electron chi connectivity index (χ1n) is 5.21. The second-order valence-corrected chi connectivity index (χ2v) is 4.13. The normalized spacial score (nSPS) is 11.4. The highest BCUT2D eigenvalue weighted by molar-refractivity contribution is 6.35. The minimum atomic E-state index is -4.64. The summed E-state index contributed by atoms with van der Waals surface area (Å²) in [5, 5.41) is -0.225. The summed E-state index contributed by atoms with van der Waals surface area (Å²) in [6.07, 6.45) is -1.97. The number of hydrogen-bond acceptors (Lipinski definition) is 2. The molecule has 0 bridgehead atoms. The minimum absolute atomic E-state index is 0.105. The fourth-order valence-electron chi connectivity index (χ4n) is 1.64. The number of pyridine rings is 1. The Labute approximate surface area is 111 Å². The smallest absolute Gasteiger partial charge is 0.289 e. The molecule has 2 aromatic rings. The Morgan fingerprint density at radius 1 is 1.11 bits per heavy atom. The molecule has 0 atom stereocenters. The number of ketones is 1. The van der Waals surface area contributed by atoms with E-state index in [4.69, 9.17) is 11.6 Å². The number of hydrogen-bond donors (Lipinski definition) is 0. The van der Waals surface area contributed by atoms with Crippen molar-refractivity contribution < 1.29 is 18.0 Å². The second-order valence-electron chi connectivity index (χ2n) is 3.73. The van der Waals surface area contributed by atoms with Gasteiger partial charge in [0, 0.05) is 18.0 Å². The lowest BCUT2D eigenvalue weighted by atomic mass is 9.98. The summed E-state index contributed by atoms with van der Waals surface area (Å²) in [5.41, 5.74) is -1.47. The van der Waals surface area contributed by atoms with Gasteiger partial charge < -0.3 is 0 Å². The van der Waals surface area contributed by atoms with Crippen molar-refractivity contribution in [1.82, 2.24) is 4.98 Å². The maximum absolute atomic E-state index is 12.9. The van der Waals surface area contributed by atoms with Crippen molar-refractivity contribution in [2.45, 2.75) is 6.18 Å². The molecule has 1 heterocycles. The molecule has 1 aromatic heterocycles. The molecule has 0 aliphatic carbocycles. The first kappa shape index (κ1) is 13.5. The first-order valence-corrected chi connectivity index (χ1v) is 5.59. The van der Waals surface area contributed by atoms with Gasteiger partial charge in [-0.25, -0.2) is 0 Å². The van der Waals surface area contributed by atoms with Crippen LogP contribution in [0.3, 0.4) is 0 Å². The number of benzene rings is 1. The molecule has 0 aliphatic rings. The van der Waals surface area contributed by atoms with Gasteiger partial charge in [-0.2, -0.15) is 13.2 Å². The highest BCUT2D eigenvalue weighted by Gasteiger charge is 2.36. The van der Waals surface area contributed by atoms with E-state index in [2.05, 4.69) is 4.98 Å². The SMILES string of the molecule is O=C(c1ccncc1)c1c(Cl)cccc1C(F)(F)F. The summed E-state index contributed by atoms with van der Waals surface area (Å²) in [5.74, 6) is -0.777. The molecule has 0 saturated carbocycles. The van der Waals surface area contributed by atoms with Crippen molar-refractivity contribution in [3.63, 3.8) is 0 Å². The van der Waals surface area contributed by atoms with E-state index < -0.39 is 23.1 Å². The Morgan fingerprint density at radius 3 is 2.32 bits per heavy atom. The summed E-state index contributed by atoms with van der Waals surface area (Å²) in [7, 11) is 0. The lowest BCUT2D eigenvalue weighted by Crippen LogP contribution is -2.14. The average Bonchev–Trinajstić information content (AvgIpc) is 2.37. The van der Waals surface area contributed by atoms with Crippen LogP contribution in [0.1, 0.15) is 21.5 Å². The van der Waals surface area contributed by atoms with Crippen LogP contribution >= 0.6 is 11.6 Å². The first-order chi connectivity index (χ1) is 8.91. The third-order valence-electron chi connectivity index (χ3n) is 2.49. The molecule has 98 valence electrons. The van der Waals surface area contributed by atoms with Gasteiger partial charge in [-0.1, -0.05) is 17.7 Å². The quantitative estimate of drug-likeness (QED) is 0.781. The summed E-state index contributed by atoms with van der Waals surface area (Å²) in [4.78, 5) is 15.8. The van der Waals surface area contributed by atoms with Crippen LogP contribution in [0.5, 0.6) is 0 Å².